The molecule has 0 radical (unpaired) electrons. The van der Waals surface area contributed by atoms with E-state index in [0.29, 0.717) is 32.0 Å². The van der Waals surface area contributed by atoms with Gasteiger partial charge in [0.1, 0.15) is 0 Å². The average molecular weight is 256 g/mol. The molecule has 0 bridgehead atoms. The summed E-state index contributed by atoms with van der Waals surface area (Å²) >= 11 is 0. The Labute approximate surface area is 109 Å². The standard InChI is InChI=1S/C13H24N2O3/c1-9(2)7-15(10(3)4)13(18)14-6-5-11(8-14)12(16)17/h9-11H,5-8H2,1-4H3,(H,16,17). The van der Waals surface area contributed by atoms with Crippen molar-refractivity contribution in [1.29, 1.82) is 0 Å². The lowest BCUT2D eigenvalue weighted by Gasteiger charge is -2.32. The minimum absolute atomic E-state index is 0.0255. The van der Waals surface area contributed by atoms with Crippen LogP contribution in [0.25, 0.3) is 0 Å². The van der Waals surface area contributed by atoms with Crippen LogP contribution >= 0.6 is 0 Å². The third-order valence-corrected chi connectivity index (χ3v) is 3.24. The Morgan fingerprint density at radius 2 is 1.94 bits per heavy atom. The number of rotatable bonds is 4. The van der Waals surface area contributed by atoms with E-state index in [0.717, 1.165) is 0 Å². The first kappa shape index (κ1) is 14.8. The Hall–Kier alpha value is -1.26. The molecule has 0 saturated carbocycles. The zero-order chi connectivity index (χ0) is 13.9. The highest BCUT2D eigenvalue weighted by atomic mass is 16.4. The van der Waals surface area contributed by atoms with E-state index in [1.54, 1.807) is 4.90 Å². The van der Waals surface area contributed by atoms with E-state index >= 15 is 0 Å². The van der Waals surface area contributed by atoms with Crippen LogP contribution in [0, 0.1) is 11.8 Å². The smallest absolute Gasteiger partial charge is 0.320 e. The predicted octanol–water partition coefficient (Wildman–Crippen LogP) is 1.88. The number of carboxylic acids is 1. The molecule has 0 aliphatic carbocycles. The fraction of sp³-hybridized carbons (Fsp3) is 0.846. The molecule has 0 aromatic heterocycles. The van der Waals surface area contributed by atoms with Crippen LogP contribution in [-0.4, -0.2) is 52.6 Å². The Kier molecular flexibility index (Phi) is 4.99. The van der Waals surface area contributed by atoms with Crippen LogP contribution in [-0.2, 0) is 4.79 Å². The van der Waals surface area contributed by atoms with Gasteiger partial charge in [0.25, 0.3) is 0 Å². The number of carbonyl (C=O) groups excluding carboxylic acids is 1. The van der Waals surface area contributed by atoms with Crippen molar-refractivity contribution in [3.8, 4) is 0 Å². The van der Waals surface area contributed by atoms with Gasteiger partial charge >= 0.3 is 12.0 Å². The molecule has 1 aliphatic rings. The van der Waals surface area contributed by atoms with Crippen LogP contribution in [0.1, 0.15) is 34.1 Å². The number of hydrogen-bond acceptors (Lipinski definition) is 2. The quantitative estimate of drug-likeness (QED) is 0.835. The summed E-state index contributed by atoms with van der Waals surface area (Å²) in [5.41, 5.74) is 0. The molecule has 1 heterocycles. The van der Waals surface area contributed by atoms with E-state index in [9.17, 15) is 9.59 Å². The molecular weight excluding hydrogens is 232 g/mol. The number of nitrogens with zero attached hydrogens (tertiary/aromatic N) is 2. The van der Waals surface area contributed by atoms with Gasteiger partial charge in [-0.15, -0.1) is 0 Å². The molecule has 0 aromatic carbocycles. The van der Waals surface area contributed by atoms with E-state index in [1.165, 1.54) is 0 Å². The maximum atomic E-state index is 12.3. The molecule has 0 aromatic rings. The van der Waals surface area contributed by atoms with Crippen molar-refractivity contribution in [2.24, 2.45) is 11.8 Å². The molecule has 104 valence electrons. The molecule has 1 atom stereocenters. The second-order valence-electron chi connectivity index (χ2n) is 5.69. The Morgan fingerprint density at radius 3 is 2.33 bits per heavy atom. The number of carboxylic acid groups (broad SMARTS) is 1. The number of amides is 2. The van der Waals surface area contributed by atoms with Gasteiger partial charge in [-0.05, 0) is 26.2 Å². The summed E-state index contributed by atoms with van der Waals surface area (Å²) in [4.78, 5) is 26.7. The molecule has 1 aliphatic heterocycles. The summed E-state index contributed by atoms with van der Waals surface area (Å²) in [6.07, 6.45) is 0.564. The lowest BCUT2D eigenvalue weighted by Crippen LogP contribution is -2.47. The summed E-state index contributed by atoms with van der Waals surface area (Å²) in [5, 5.41) is 8.95. The summed E-state index contributed by atoms with van der Waals surface area (Å²) in [6, 6.07) is 0.117. The van der Waals surface area contributed by atoms with Crippen LogP contribution in [0.15, 0.2) is 0 Å². The van der Waals surface area contributed by atoms with E-state index < -0.39 is 11.9 Å². The highest BCUT2D eigenvalue weighted by Gasteiger charge is 2.33. The molecule has 5 nitrogen and oxygen atoms in total. The lowest BCUT2D eigenvalue weighted by atomic mass is 10.1. The molecule has 18 heavy (non-hydrogen) atoms. The first-order valence-corrected chi connectivity index (χ1v) is 6.61. The molecule has 0 spiro atoms. The first-order valence-electron chi connectivity index (χ1n) is 6.61. The van der Waals surface area contributed by atoms with Crippen molar-refractivity contribution >= 4 is 12.0 Å². The van der Waals surface area contributed by atoms with Crippen molar-refractivity contribution in [1.82, 2.24) is 9.80 Å². The lowest BCUT2D eigenvalue weighted by molar-refractivity contribution is -0.141. The SMILES string of the molecule is CC(C)CN(C(=O)N1CCC(C(=O)O)C1)C(C)C. The number of hydrogen-bond donors (Lipinski definition) is 1. The average Bonchev–Trinajstić information content (AvgIpc) is 2.73. The molecule has 1 saturated heterocycles. The first-order chi connectivity index (χ1) is 8.32. The predicted molar refractivity (Wildman–Crippen MR) is 69.4 cm³/mol. The monoisotopic (exact) mass is 256 g/mol. The van der Waals surface area contributed by atoms with Crippen molar-refractivity contribution < 1.29 is 14.7 Å². The highest BCUT2D eigenvalue weighted by molar-refractivity contribution is 5.77. The minimum atomic E-state index is -0.801. The van der Waals surface area contributed by atoms with Crippen molar-refractivity contribution in [3.63, 3.8) is 0 Å². The fourth-order valence-electron chi connectivity index (χ4n) is 2.22. The van der Waals surface area contributed by atoms with Gasteiger partial charge in [-0.3, -0.25) is 4.79 Å². The summed E-state index contributed by atoms with van der Waals surface area (Å²) < 4.78 is 0. The highest BCUT2D eigenvalue weighted by Crippen LogP contribution is 2.19. The van der Waals surface area contributed by atoms with Gasteiger partial charge < -0.3 is 14.9 Å². The number of carbonyl (C=O) groups is 2. The molecule has 1 N–H and O–H groups in total. The Balaban J connectivity index is 2.64. The van der Waals surface area contributed by atoms with E-state index in [1.807, 2.05) is 18.7 Å². The third kappa shape index (κ3) is 3.62. The van der Waals surface area contributed by atoms with E-state index in [-0.39, 0.29) is 12.1 Å². The molecular formula is C13H24N2O3. The van der Waals surface area contributed by atoms with Gasteiger partial charge in [0.15, 0.2) is 0 Å². The second-order valence-corrected chi connectivity index (χ2v) is 5.69. The van der Waals surface area contributed by atoms with E-state index in [4.69, 9.17) is 5.11 Å². The van der Waals surface area contributed by atoms with E-state index in [2.05, 4.69) is 13.8 Å². The summed E-state index contributed by atoms with van der Waals surface area (Å²) in [6.45, 7) is 9.74. The number of likely N-dealkylation sites (tertiary alicyclic amines) is 1. The molecule has 2 amide bonds. The number of aliphatic carboxylic acids is 1. The molecule has 1 unspecified atom stereocenters. The molecule has 5 heteroatoms. The van der Waals surface area contributed by atoms with Gasteiger partial charge in [0.2, 0.25) is 0 Å². The Bertz CT molecular complexity index is 315. The largest absolute Gasteiger partial charge is 0.481 e. The van der Waals surface area contributed by atoms with Gasteiger partial charge in [-0.1, -0.05) is 13.8 Å². The van der Waals surface area contributed by atoms with Crippen LogP contribution in [0.3, 0.4) is 0 Å². The zero-order valence-electron chi connectivity index (χ0n) is 11.7. The summed E-state index contributed by atoms with van der Waals surface area (Å²) in [5.74, 6) is -0.790. The minimum Gasteiger partial charge on any atom is -0.481 e. The van der Waals surface area contributed by atoms with Crippen LogP contribution in [0.4, 0.5) is 4.79 Å². The Morgan fingerprint density at radius 1 is 1.33 bits per heavy atom. The van der Waals surface area contributed by atoms with Crippen LogP contribution < -0.4 is 0 Å². The van der Waals surface area contributed by atoms with Crippen molar-refractivity contribution in [3.05, 3.63) is 0 Å². The van der Waals surface area contributed by atoms with Gasteiger partial charge in [0.05, 0.1) is 5.92 Å². The molecule has 1 rings (SSSR count). The van der Waals surface area contributed by atoms with Crippen LogP contribution in [0.5, 0.6) is 0 Å². The maximum absolute atomic E-state index is 12.3. The second kappa shape index (κ2) is 6.07. The van der Waals surface area contributed by atoms with Gasteiger partial charge in [-0.25, -0.2) is 4.79 Å². The number of urea groups is 1. The third-order valence-electron chi connectivity index (χ3n) is 3.24. The topological polar surface area (TPSA) is 60.9 Å². The fourth-order valence-corrected chi connectivity index (χ4v) is 2.22. The zero-order valence-corrected chi connectivity index (χ0v) is 11.7. The molecule has 1 fully saturated rings. The van der Waals surface area contributed by atoms with Crippen molar-refractivity contribution in [2.75, 3.05) is 19.6 Å². The van der Waals surface area contributed by atoms with Gasteiger partial charge in [-0.2, -0.15) is 0 Å². The normalized spacial score (nSPS) is 19.7. The van der Waals surface area contributed by atoms with Crippen molar-refractivity contribution in [2.45, 2.75) is 40.2 Å². The summed E-state index contributed by atoms with van der Waals surface area (Å²) in [7, 11) is 0. The van der Waals surface area contributed by atoms with Crippen LogP contribution in [0.2, 0.25) is 0 Å². The van der Waals surface area contributed by atoms with Gasteiger partial charge in [0, 0.05) is 25.7 Å². The maximum Gasteiger partial charge on any atom is 0.320 e.